The number of pyridine rings is 1. The summed E-state index contributed by atoms with van der Waals surface area (Å²) < 4.78 is 7.19. The van der Waals surface area contributed by atoms with Crippen molar-refractivity contribution in [1.29, 1.82) is 0 Å². The Morgan fingerprint density at radius 3 is 2.77 bits per heavy atom. The minimum atomic E-state index is 0.0836. The molecular formula is C24H26N4O2. The third-order valence-electron chi connectivity index (χ3n) is 5.39. The molecule has 0 spiro atoms. The van der Waals surface area contributed by atoms with Crippen LogP contribution in [0.25, 0.3) is 22.5 Å². The largest absolute Gasteiger partial charge is 0.497 e. The summed E-state index contributed by atoms with van der Waals surface area (Å²) in [7, 11) is 1.65. The molecule has 2 aromatic heterocycles. The summed E-state index contributed by atoms with van der Waals surface area (Å²) in [5.41, 5.74) is 3.86. The Morgan fingerprint density at radius 2 is 2.07 bits per heavy atom. The monoisotopic (exact) mass is 402 g/mol. The number of aromatic nitrogens is 3. The molecular weight excluding hydrogens is 376 g/mol. The smallest absolute Gasteiger partial charge is 0.223 e. The van der Waals surface area contributed by atoms with E-state index in [0.29, 0.717) is 13.1 Å². The predicted molar refractivity (Wildman–Crippen MR) is 117 cm³/mol. The summed E-state index contributed by atoms with van der Waals surface area (Å²) in [6, 6.07) is 13.8. The van der Waals surface area contributed by atoms with E-state index in [4.69, 9.17) is 9.84 Å². The fourth-order valence-corrected chi connectivity index (χ4v) is 3.70. The molecule has 0 saturated carbocycles. The molecule has 1 aliphatic carbocycles. The summed E-state index contributed by atoms with van der Waals surface area (Å²) in [6.45, 7) is 1.13. The summed E-state index contributed by atoms with van der Waals surface area (Å²) in [5.74, 6) is 1.02. The predicted octanol–water partition coefficient (Wildman–Crippen LogP) is 4.09. The Balaban J connectivity index is 1.52. The van der Waals surface area contributed by atoms with Crippen LogP contribution in [0.1, 0.15) is 19.3 Å². The molecule has 2 heterocycles. The van der Waals surface area contributed by atoms with Crippen LogP contribution in [-0.4, -0.2) is 34.3 Å². The maximum atomic E-state index is 12.4. The molecule has 6 heteroatoms. The Morgan fingerprint density at radius 1 is 1.20 bits per heavy atom. The zero-order chi connectivity index (χ0) is 20.8. The number of hydrogen-bond donors (Lipinski definition) is 1. The van der Waals surface area contributed by atoms with Crippen LogP contribution in [-0.2, 0) is 11.3 Å². The number of nitrogens with one attached hydrogen (secondary N) is 1. The van der Waals surface area contributed by atoms with Gasteiger partial charge in [0.25, 0.3) is 0 Å². The van der Waals surface area contributed by atoms with Gasteiger partial charge in [-0.15, -0.1) is 0 Å². The number of methoxy groups -OCH3 is 1. The van der Waals surface area contributed by atoms with Gasteiger partial charge in [0.1, 0.15) is 5.75 Å². The van der Waals surface area contributed by atoms with Gasteiger partial charge < -0.3 is 10.1 Å². The standard InChI is InChI=1S/C24H26N4O2/c1-30-21-11-9-18(10-12-21)22-16-23(20-8-5-13-25-17-20)28(27-22)15-14-26-24(29)19-6-3-2-4-7-19/h2-3,5,8-13,16-17,19H,4,6-7,14-15H2,1H3,(H,26,29)/t19-/m1/s1. The van der Waals surface area contributed by atoms with Crippen molar-refractivity contribution >= 4 is 5.91 Å². The fraction of sp³-hybridized carbons (Fsp3) is 0.292. The number of benzene rings is 1. The van der Waals surface area contributed by atoms with Crippen molar-refractivity contribution < 1.29 is 9.53 Å². The van der Waals surface area contributed by atoms with Crippen molar-refractivity contribution in [2.75, 3.05) is 13.7 Å². The van der Waals surface area contributed by atoms with E-state index in [1.807, 2.05) is 47.3 Å². The number of nitrogens with zero attached hydrogens (tertiary/aromatic N) is 3. The van der Waals surface area contributed by atoms with Gasteiger partial charge in [-0.25, -0.2) is 0 Å². The summed E-state index contributed by atoms with van der Waals surface area (Å²) >= 11 is 0. The van der Waals surface area contributed by atoms with Gasteiger partial charge in [-0.2, -0.15) is 5.10 Å². The van der Waals surface area contributed by atoms with Crippen LogP contribution >= 0.6 is 0 Å². The van der Waals surface area contributed by atoms with E-state index in [9.17, 15) is 4.79 Å². The minimum absolute atomic E-state index is 0.0836. The van der Waals surface area contributed by atoms with Crippen LogP contribution in [0, 0.1) is 5.92 Å². The van der Waals surface area contributed by atoms with Gasteiger partial charge in [0.05, 0.1) is 25.0 Å². The van der Waals surface area contributed by atoms with Crippen LogP contribution in [0.15, 0.2) is 67.0 Å². The zero-order valence-electron chi connectivity index (χ0n) is 17.1. The first-order valence-corrected chi connectivity index (χ1v) is 10.3. The molecule has 0 fully saturated rings. The van der Waals surface area contributed by atoms with E-state index in [2.05, 4.69) is 28.5 Å². The molecule has 3 aromatic rings. The first kappa shape index (κ1) is 19.9. The van der Waals surface area contributed by atoms with Crippen LogP contribution in [0.3, 0.4) is 0 Å². The van der Waals surface area contributed by atoms with E-state index in [0.717, 1.165) is 47.5 Å². The molecule has 0 aliphatic heterocycles. The number of carbonyl (C=O) groups excluding carboxylic acids is 1. The van der Waals surface area contributed by atoms with E-state index in [1.54, 1.807) is 13.3 Å². The van der Waals surface area contributed by atoms with E-state index in [-0.39, 0.29) is 11.8 Å². The molecule has 30 heavy (non-hydrogen) atoms. The number of ether oxygens (including phenoxy) is 1. The second kappa shape index (κ2) is 9.39. The third-order valence-corrected chi connectivity index (χ3v) is 5.39. The second-order valence-corrected chi connectivity index (χ2v) is 7.38. The number of rotatable bonds is 7. The Labute approximate surface area is 176 Å². The number of hydrogen-bond acceptors (Lipinski definition) is 4. The lowest BCUT2D eigenvalue weighted by Crippen LogP contribution is -2.33. The number of amides is 1. The van der Waals surface area contributed by atoms with Gasteiger partial charge in [-0.1, -0.05) is 12.2 Å². The summed E-state index contributed by atoms with van der Waals surface area (Å²) in [4.78, 5) is 16.7. The Kier molecular flexibility index (Phi) is 6.23. The highest BCUT2D eigenvalue weighted by Gasteiger charge is 2.18. The van der Waals surface area contributed by atoms with Crippen LogP contribution in [0.2, 0.25) is 0 Å². The maximum absolute atomic E-state index is 12.4. The zero-order valence-corrected chi connectivity index (χ0v) is 17.1. The van der Waals surface area contributed by atoms with E-state index in [1.165, 1.54) is 0 Å². The van der Waals surface area contributed by atoms with Crippen molar-refractivity contribution in [2.24, 2.45) is 5.92 Å². The molecule has 1 N–H and O–H groups in total. The Hall–Kier alpha value is -3.41. The highest BCUT2D eigenvalue weighted by molar-refractivity contribution is 5.79. The van der Waals surface area contributed by atoms with E-state index >= 15 is 0 Å². The molecule has 0 bridgehead atoms. The van der Waals surface area contributed by atoms with Gasteiger partial charge in [0.2, 0.25) is 5.91 Å². The number of carbonyl (C=O) groups is 1. The molecule has 0 unspecified atom stereocenters. The quantitative estimate of drug-likeness (QED) is 0.604. The lowest BCUT2D eigenvalue weighted by molar-refractivity contribution is -0.125. The van der Waals surface area contributed by atoms with Gasteiger partial charge in [0, 0.05) is 36.0 Å². The van der Waals surface area contributed by atoms with Crippen molar-refractivity contribution in [3.05, 3.63) is 67.0 Å². The highest BCUT2D eigenvalue weighted by Crippen LogP contribution is 2.27. The topological polar surface area (TPSA) is 69.0 Å². The average Bonchev–Trinajstić information content (AvgIpc) is 3.24. The second-order valence-electron chi connectivity index (χ2n) is 7.38. The fourth-order valence-electron chi connectivity index (χ4n) is 3.70. The lowest BCUT2D eigenvalue weighted by atomic mass is 9.94. The minimum Gasteiger partial charge on any atom is -0.497 e. The summed E-state index contributed by atoms with van der Waals surface area (Å²) in [5, 5.41) is 7.89. The number of allylic oxidation sites excluding steroid dienone is 2. The molecule has 0 saturated heterocycles. The first-order chi connectivity index (χ1) is 14.7. The van der Waals surface area contributed by atoms with Crippen LogP contribution in [0.5, 0.6) is 5.75 Å². The average molecular weight is 402 g/mol. The molecule has 154 valence electrons. The van der Waals surface area contributed by atoms with Crippen LogP contribution < -0.4 is 10.1 Å². The molecule has 4 rings (SSSR count). The maximum Gasteiger partial charge on any atom is 0.223 e. The summed E-state index contributed by atoms with van der Waals surface area (Å²) in [6.07, 6.45) is 10.6. The van der Waals surface area contributed by atoms with Crippen molar-refractivity contribution in [2.45, 2.75) is 25.8 Å². The normalized spacial score (nSPS) is 15.7. The van der Waals surface area contributed by atoms with Gasteiger partial charge in [0.15, 0.2) is 0 Å². The van der Waals surface area contributed by atoms with Crippen LogP contribution in [0.4, 0.5) is 0 Å². The van der Waals surface area contributed by atoms with Crippen molar-refractivity contribution in [1.82, 2.24) is 20.1 Å². The third kappa shape index (κ3) is 4.59. The van der Waals surface area contributed by atoms with Gasteiger partial charge in [-0.3, -0.25) is 14.5 Å². The molecule has 1 amide bonds. The molecule has 1 aromatic carbocycles. The van der Waals surface area contributed by atoms with Gasteiger partial charge >= 0.3 is 0 Å². The molecule has 1 aliphatic rings. The SMILES string of the molecule is COc1ccc(-c2cc(-c3cccnc3)n(CCNC(=O)[C@@H]3CC=CCC3)n2)cc1. The first-order valence-electron chi connectivity index (χ1n) is 10.3. The van der Waals surface area contributed by atoms with E-state index < -0.39 is 0 Å². The Bertz CT molecular complexity index is 1010. The van der Waals surface area contributed by atoms with Gasteiger partial charge in [-0.05, 0) is 61.7 Å². The highest BCUT2D eigenvalue weighted by atomic mass is 16.5. The molecule has 1 atom stereocenters. The molecule has 0 radical (unpaired) electrons. The van der Waals surface area contributed by atoms with Crippen molar-refractivity contribution in [3.8, 4) is 28.3 Å². The molecule has 6 nitrogen and oxygen atoms in total. The lowest BCUT2D eigenvalue weighted by Gasteiger charge is -2.17. The van der Waals surface area contributed by atoms with Crippen molar-refractivity contribution in [3.63, 3.8) is 0 Å².